The second-order valence-electron chi connectivity index (χ2n) is 6.07. The molecular formula is C20H22N2O3S. The van der Waals surface area contributed by atoms with Gasteiger partial charge in [-0.05, 0) is 36.1 Å². The molecule has 0 saturated carbocycles. The van der Waals surface area contributed by atoms with Crippen LogP contribution in [0.25, 0.3) is 0 Å². The zero-order chi connectivity index (χ0) is 18.4. The van der Waals surface area contributed by atoms with Gasteiger partial charge < -0.3 is 14.5 Å². The third kappa shape index (κ3) is 4.79. The molecule has 2 amide bonds. The van der Waals surface area contributed by atoms with Crippen LogP contribution in [0.2, 0.25) is 0 Å². The maximum atomic E-state index is 12.5. The molecule has 1 saturated heterocycles. The fourth-order valence-electron chi connectivity index (χ4n) is 2.82. The van der Waals surface area contributed by atoms with E-state index in [-0.39, 0.29) is 12.0 Å². The topological polar surface area (TPSA) is 49.9 Å². The lowest BCUT2D eigenvalue weighted by Gasteiger charge is -2.34. The van der Waals surface area contributed by atoms with Crippen molar-refractivity contribution in [3.05, 3.63) is 60.2 Å². The van der Waals surface area contributed by atoms with Crippen LogP contribution in [-0.4, -0.2) is 54.2 Å². The minimum atomic E-state index is -0.365. The van der Waals surface area contributed by atoms with Crippen molar-refractivity contribution in [2.45, 2.75) is 11.3 Å². The van der Waals surface area contributed by atoms with Crippen LogP contribution >= 0.6 is 11.8 Å². The molecule has 2 aromatic carbocycles. The molecule has 0 N–H and O–H groups in total. The molecule has 2 aromatic rings. The van der Waals surface area contributed by atoms with Crippen molar-refractivity contribution in [1.29, 1.82) is 0 Å². The summed E-state index contributed by atoms with van der Waals surface area (Å²) >= 11 is 1.68. The maximum absolute atomic E-state index is 12.5. The molecule has 136 valence electrons. The van der Waals surface area contributed by atoms with Gasteiger partial charge in [0.1, 0.15) is 5.75 Å². The number of ether oxygens (including phenoxy) is 1. The molecule has 1 fully saturated rings. The van der Waals surface area contributed by atoms with Crippen molar-refractivity contribution in [2.75, 3.05) is 32.4 Å². The number of carbonyl (C=O) groups excluding carboxylic acids is 2. The van der Waals surface area contributed by atoms with Crippen molar-refractivity contribution < 1.29 is 14.3 Å². The molecule has 0 aliphatic carbocycles. The number of thioether (sulfide) groups is 1. The molecule has 1 aliphatic heterocycles. The molecule has 0 atom stereocenters. The summed E-state index contributed by atoms with van der Waals surface area (Å²) in [5.74, 6) is 0.627. The van der Waals surface area contributed by atoms with Crippen molar-refractivity contribution in [3.63, 3.8) is 0 Å². The molecule has 6 heteroatoms. The highest BCUT2D eigenvalue weighted by atomic mass is 32.2. The Balaban J connectivity index is 1.48. The number of hydrogen-bond donors (Lipinski definition) is 0. The van der Waals surface area contributed by atoms with Gasteiger partial charge in [0, 0.05) is 31.1 Å². The van der Waals surface area contributed by atoms with Crippen LogP contribution in [0.5, 0.6) is 5.75 Å². The summed E-state index contributed by atoms with van der Waals surface area (Å²) in [6.07, 6.45) is 2.06. The van der Waals surface area contributed by atoms with Crippen molar-refractivity contribution >= 4 is 23.8 Å². The van der Waals surface area contributed by atoms with E-state index >= 15 is 0 Å². The minimum Gasteiger partial charge on any atom is -0.410 e. The Hall–Kier alpha value is -2.47. The monoisotopic (exact) mass is 370 g/mol. The Morgan fingerprint density at radius 1 is 0.923 bits per heavy atom. The van der Waals surface area contributed by atoms with E-state index in [1.807, 2.05) is 53.6 Å². The van der Waals surface area contributed by atoms with Gasteiger partial charge in [-0.15, -0.1) is 11.8 Å². The number of piperazine rings is 1. The van der Waals surface area contributed by atoms with Gasteiger partial charge in [-0.25, -0.2) is 4.79 Å². The summed E-state index contributed by atoms with van der Waals surface area (Å²) in [7, 11) is 0. The van der Waals surface area contributed by atoms with Gasteiger partial charge in [-0.1, -0.05) is 30.3 Å². The molecule has 0 spiro atoms. The summed E-state index contributed by atoms with van der Waals surface area (Å²) in [6.45, 7) is 2.04. The van der Waals surface area contributed by atoms with Crippen LogP contribution in [0, 0.1) is 0 Å². The zero-order valence-electron chi connectivity index (χ0n) is 14.8. The third-order valence-corrected chi connectivity index (χ3v) is 5.10. The Kier molecular flexibility index (Phi) is 6.17. The van der Waals surface area contributed by atoms with Crippen LogP contribution in [0.3, 0.4) is 0 Å². The van der Waals surface area contributed by atoms with E-state index in [4.69, 9.17) is 4.74 Å². The van der Waals surface area contributed by atoms with Gasteiger partial charge in [0.05, 0.1) is 6.42 Å². The average molecular weight is 370 g/mol. The first-order chi connectivity index (χ1) is 12.7. The largest absolute Gasteiger partial charge is 0.415 e. The quantitative estimate of drug-likeness (QED) is 0.775. The number of hydrogen-bond acceptors (Lipinski definition) is 4. The van der Waals surface area contributed by atoms with Crippen molar-refractivity contribution in [1.82, 2.24) is 9.80 Å². The van der Waals surface area contributed by atoms with Crippen LogP contribution in [0.4, 0.5) is 4.79 Å². The number of benzene rings is 2. The Bertz CT molecular complexity index is 741. The molecule has 26 heavy (non-hydrogen) atoms. The van der Waals surface area contributed by atoms with E-state index in [0.29, 0.717) is 38.3 Å². The Morgan fingerprint density at radius 2 is 1.54 bits per heavy atom. The summed E-state index contributed by atoms with van der Waals surface area (Å²) in [5.41, 5.74) is 1.01. The standard InChI is InChI=1S/C20H22N2O3S/c1-26-18-9-7-16(8-10-18)15-19(23)21-11-13-22(14-12-21)20(24)25-17-5-3-2-4-6-17/h2-10H,11-15H2,1H3. The highest BCUT2D eigenvalue weighted by Crippen LogP contribution is 2.16. The van der Waals surface area contributed by atoms with Gasteiger partial charge in [0.25, 0.3) is 0 Å². The minimum absolute atomic E-state index is 0.0954. The number of nitrogens with zero attached hydrogens (tertiary/aromatic N) is 2. The number of carbonyl (C=O) groups is 2. The van der Waals surface area contributed by atoms with E-state index < -0.39 is 0 Å². The third-order valence-electron chi connectivity index (χ3n) is 4.35. The van der Waals surface area contributed by atoms with Crippen LogP contribution in [-0.2, 0) is 11.2 Å². The molecule has 0 radical (unpaired) electrons. The molecule has 3 rings (SSSR count). The van der Waals surface area contributed by atoms with E-state index in [1.165, 1.54) is 4.90 Å². The lowest BCUT2D eigenvalue weighted by molar-refractivity contribution is -0.132. The van der Waals surface area contributed by atoms with Gasteiger partial charge in [0.15, 0.2) is 0 Å². The first kappa shape index (κ1) is 18.3. The predicted molar refractivity (Wildman–Crippen MR) is 103 cm³/mol. The Morgan fingerprint density at radius 3 is 2.15 bits per heavy atom. The normalized spacial score (nSPS) is 14.2. The first-order valence-corrected chi connectivity index (χ1v) is 9.80. The fraction of sp³-hybridized carbons (Fsp3) is 0.300. The van der Waals surface area contributed by atoms with E-state index in [1.54, 1.807) is 28.8 Å². The Labute approximate surface area is 157 Å². The SMILES string of the molecule is CSc1ccc(CC(=O)N2CCN(C(=O)Oc3ccccc3)CC2)cc1. The lowest BCUT2D eigenvalue weighted by Crippen LogP contribution is -2.51. The van der Waals surface area contributed by atoms with Crippen LogP contribution in [0.1, 0.15) is 5.56 Å². The predicted octanol–water partition coefficient (Wildman–Crippen LogP) is 3.29. The van der Waals surface area contributed by atoms with Gasteiger partial charge in [-0.3, -0.25) is 4.79 Å². The molecule has 5 nitrogen and oxygen atoms in total. The van der Waals surface area contributed by atoms with Crippen molar-refractivity contribution in [3.8, 4) is 5.75 Å². The summed E-state index contributed by atoms with van der Waals surface area (Å²) in [6, 6.07) is 17.1. The zero-order valence-corrected chi connectivity index (χ0v) is 15.6. The highest BCUT2D eigenvalue weighted by molar-refractivity contribution is 7.98. The van der Waals surface area contributed by atoms with E-state index in [0.717, 1.165) is 5.56 Å². The number of amides is 2. The van der Waals surface area contributed by atoms with Crippen LogP contribution < -0.4 is 4.74 Å². The van der Waals surface area contributed by atoms with Gasteiger partial charge in [0.2, 0.25) is 5.91 Å². The highest BCUT2D eigenvalue weighted by Gasteiger charge is 2.25. The van der Waals surface area contributed by atoms with E-state index in [9.17, 15) is 9.59 Å². The summed E-state index contributed by atoms with van der Waals surface area (Å²) < 4.78 is 5.35. The molecule has 0 aromatic heterocycles. The second-order valence-corrected chi connectivity index (χ2v) is 6.95. The first-order valence-electron chi connectivity index (χ1n) is 8.58. The van der Waals surface area contributed by atoms with E-state index in [2.05, 4.69) is 0 Å². The van der Waals surface area contributed by atoms with Crippen LogP contribution in [0.15, 0.2) is 59.5 Å². The summed E-state index contributed by atoms with van der Waals surface area (Å²) in [4.78, 5) is 29.3. The summed E-state index contributed by atoms with van der Waals surface area (Å²) in [5, 5.41) is 0. The molecular weight excluding hydrogens is 348 g/mol. The molecule has 1 heterocycles. The van der Waals surface area contributed by atoms with Gasteiger partial charge in [-0.2, -0.15) is 0 Å². The molecule has 0 bridgehead atoms. The average Bonchev–Trinajstić information content (AvgIpc) is 2.69. The van der Waals surface area contributed by atoms with Crippen molar-refractivity contribution in [2.24, 2.45) is 0 Å². The molecule has 0 unspecified atom stereocenters. The lowest BCUT2D eigenvalue weighted by atomic mass is 10.1. The second kappa shape index (κ2) is 8.76. The smallest absolute Gasteiger partial charge is 0.410 e. The fourth-order valence-corrected chi connectivity index (χ4v) is 3.23. The molecule has 1 aliphatic rings. The number of rotatable bonds is 4. The number of para-hydroxylation sites is 1. The maximum Gasteiger partial charge on any atom is 0.415 e. The van der Waals surface area contributed by atoms with Gasteiger partial charge >= 0.3 is 6.09 Å².